The highest BCUT2D eigenvalue weighted by atomic mass is 16.5. The van der Waals surface area contributed by atoms with Gasteiger partial charge in [-0.15, -0.1) is 0 Å². The lowest BCUT2D eigenvalue weighted by Gasteiger charge is -2.10. The SMILES string of the molecule is CC.CN1CC(CO)O/C1=C(C#N)/C=C1/Nc2ccccc2C1=O. The third kappa shape index (κ3) is 3.26. The Morgan fingerprint density at radius 3 is 2.79 bits per heavy atom. The summed E-state index contributed by atoms with van der Waals surface area (Å²) < 4.78 is 5.55. The van der Waals surface area contributed by atoms with Gasteiger partial charge in [0.1, 0.15) is 17.7 Å². The number of aliphatic hydroxyl groups is 1. The van der Waals surface area contributed by atoms with Crippen molar-refractivity contribution in [3.05, 3.63) is 53.1 Å². The number of para-hydroxylation sites is 1. The van der Waals surface area contributed by atoms with Crippen LogP contribution < -0.4 is 5.32 Å². The average molecular weight is 327 g/mol. The Morgan fingerprint density at radius 2 is 2.21 bits per heavy atom. The molecule has 1 saturated heterocycles. The van der Waals surface area contributed by atoms with Gasteiger partial charge >= 0.3 is 0 Å². The third-order valence-corrected chi connectivity index (χ3v) is 3.63. The molecule has 1 atom stereocenters. The summed E-state index contributed by atoms with van der Waals surface area (Å²) in [6, 6.07) is 9.24. The van der Waals surface area contributed by atoms with E-state index in [2.05, 4.69) is 11.4 Å². The topological polar surface area (TPSA) is 85.6 Å². The van der Waals surface area contributed by atoms with Crippen LogP contribution in [0.4, 0.5) is 5.69 Å². The van der Waals surface area contributed by atoms with Crippen LogP contribution in [0, 0.1) is 11.3 Å². The van der Waals surface area contributed by atoms with Crippen molar-refractivity contribution < 1.29 is 14.6 Å². The molecule has 2 aliphatic heterocycles. The first-order chi connectivity index (χ1) is 11.6. The molecule has 0 aliphatic carbocycles. The van der Waals surface area contributed by atoms with E-state index in [1.807, 2.05) is 26.0 Å². The molecule has 0 saturated carbocycles. The van der Waals surface area contributed by atoms with Crippen molar-refractivity contribution in [2.75, 3.05) is 25.5 Å². The minimum absolute atomic E-state index is 0.119. The molecule has 1 aromatic carbocycles. The van der Waals surface area contributed by atoms with Crippen molar-refractivity contribution in [2.24, 2.45) is 0 Å². The van der Waals surface area contributed by atoms with Crippen LogP contribution in [-0.2, 0) is 4.74 Å². The number of anilines is 1. The number of ketones is 1. The summed E-state index contributed by atoms with van der Waals surface area (Å²) in [4.78, 5) is 14.1. The van der Waals surface area contributed by atoms with Gasteiger partial charge in [0.25, 0.3) is 0 Å². The third-order valence-electron chi connectivity index (χ3n) is 3.63. The van der Waals surface area contributed by atoms with Gasteiger partial charge in [0.15, 0.2) is 0 Å². The van der Waals surface area contributed by atoms with E-state index in [1.165, 1.54) is 6.08 Å². The summed E-state index contributed by atoms with van der Waals surface area (Å²) in [5.41, 5.74) is 1.91. The van der Waals surface area contributed by atoms with Crippen LogP contribution in [-0.4, -0.2) is 42.1 Å². The normalized spacial score (nSPS) is 22.1. The fourth-order valence-electron chi connectivity index (χ4n) is 2.56. The molecule has 1 unspecified atom stereocenters. The second-order valence-corrected chi connectivity index (χ2v) is 5.19. The highest BCUT2D eigenvalue weighted by Crippen LogP contribution is 2.29. The summed E-state index contributed by atoms with van der Waals surface area (Å²) in [5.74, 6) is 0.225. The van der Waals surface area contributed by atoms with Gasteiger partial charge in [-0.3, -0.25) is 4.79 Å². The first-order valence-electron chi connectivity index (χ1n) is 7.89. The first-order valence-corrected chi connectivity index (χ1v) is 7.89. The van der Waals surface area contributed by atoms with Gasteiger partial charge < -0.3 is 20.1 Å². The number of nitrogens with zero attached hydrogens (tertiary/aromatic N) is 2. The zero-order valence-electron chi connectivity index (χ0n) is 14.0. The maximum Gasteiger partial charge on any atom is 0.211 e. The molecule has 6 heteroatoms. The lowest BCUT2D eigenvalue weighted by atomic mass is 10.1. The molecule has 1 aromatic rings. The molecule has 3 rings (SSSR count). The largest absolute Gasteiger partial charge is 0.470 e. The zero-order valence-corrected chi connectivity index (χ0v) is 14.0. The van der Waals surface area contributed by atoms with E-state index < -0.39 is 0 Å². The van der Waals surface area contributed by atoms with Crippen molar-refractivity contribution in [2.45, 2.75) is 20.0 Å². The highest BCUT2D eigenvalue weighted by molar-refractivity contribution is 6.18. The Kier molecular flexibility index (Phi) is 5.61. The molecule has 0 aromatic heterocycles. The number of nitriles is 1. The molecular formula is C18H21N3O3. The number of carbonyl (C=O) groups is 1. The molecule has 0 amide bonds. The molecule has 0 bridgehead atoms. The van der Waals surface area contributed by atoms with Crippen molar-refractivity contribution in [3.63, 3.8) is 0 Å². The van der Waals surface area contributed by atoms with Crippen LogP contribution in [0.3, 0.4) is 0 Å². The van der Waals surface area contributed by atoms with Crippen molar-refractivity contribution >= 4 is 11.5 Å². The van der Waals surface area contributed by atoms with E-state index in [0.29, 0.717) is 23.7 Å². The number of hydrogen-bond acceptors (Lipinski definition) is 6. The van der Waals surface area contributed by atoms with E-state index in [1.54, 1.807) is 24.1 Å². The second-order valence-electron chi connectivity index (χ2n) is 5.19. The van der Waals surface area contributed by atoms with Gasteiger partial charge in [0.05, 0.1) is 18.8 Å². The minimum Gasteiger partial charge on any atom is -0.470 e. The summed E-state index contributed by atoms with van der Waals surface area (Å²) in [5, 5.41) is 21.5. The molecule has 2 heterocycles. The van der Waals surface area contributed by atoms with Gasteiger partial charge in [-0.2, -0.15) is 5.26 Å². The number of carbonyl (C=O) groups excluding carboxylic acids is 1. The van der Waals surface area contributed by atoms with Crippen LogP contribution in [0.25, 0.3) is 0 Å². The van der Waals surface area contributed by atoms with Gasteiger partial charge in [-0.1, -0.05) is 26.0 Å². The number of hydrogen-bond donors (Lipinski definition) is 2. The van der Waals surface area contributed by atoms with Crippen molar-refractivity contribution in [1.29, 1.82) is 5.26 Å². The van der Waals surface area contributed by atoms with Crippen LogP contribution in [0.15, 0.2) is 47.5 Å². The lowest BCUT2D eigenvalue weighted by molar-refractivity contribution is 0.0963. The number of Topliss-reactive ketones (excluding diaryl/α,β-unsaturated/α-hetero) is 1. The van der Waals surface area contributed by atoms with Crippen molar-refractivity contribution in [1.82, 2.24) is 4.90 Å². The Balaban J connectivity index is 0.00000100. The van der Waals surface area contributed by atoms with E-state index in [4.69, 9.17) is 9.84 Å². The van der Waals surface area contributed by atoms with Gasteiger partial charge in [-0.25, -0.2) is 0 Å². The molecule has 126 valence electrons. The number of ether oxygens (including phenoxy) is 1. The number of fused-ring (bicyclic) bond motifs is 1. The minimum atomic E-state index is -0.355. The number of benzene rings is 1. The Hall–Kier alpha value is -2.78. The monoisotopic (exact) mass is 327 g/mol. The number of rotatable bonds is 2. The zero-order chi connectivity index (χ0) is 17.7. The number of nitrogens with one attached hydrogen (secondary N) is 1. The molecule has 6 nitrogen and oxygen atoms in total. The predicted octanol–water partition coefficient (Wildman–Crippen LogP) is 2.26. The summed E-state index contributed by atoms with van der Waals surface area (Å²) >= 11 is 0. The van der Waals surface area contributed by atoms with E-state index in [-0.39, 0.29) is 24.1 Å². The molecule has 24 heavy (non-hydrogen) atoms. The molecule has 2 N–H and O–H groups in total. The summed E-state index contributed by atoms with van der Waals surface area (Å²) in [7, 11) is 1.78. The van der Waals surface area contributed by atoms with Crippen molar-refractivity contribution in [3.8, 4) is 6.07 Å². The van der Waals surface area contributed by atoms with E-state index in [9.17, 15) is 10.1 Å². The van der Waals surface area contributed by atoms with Crippen LogP contribution in [0.1, 0.15) is 24.2 Å². The molecule has 0 radical (unpaired) electrons. The quantitative estimate of drug-likeness (QED) is 0.640. The second kappa shape index (κ2) is 7.66. The Labute approximate surface area is 141 Å². The standard InChI is InChI=1S/C16H15N3O3.C2H6/c1-19-8-11(9-20)22-16(19)10(7-17)6-14-15(21)12-4-2-3-5-13(12)18-14;1-2/h2-6,11,18,20H,8-9H2,1H3;1-2H3/b14-6+,16-10-;. The number of likely N-dealkylation sites (N-methyl/N-ethyl adjacent to an activating group) is 1. The fraction of sp³-hybridized carbons (Fsp3) is 0.333. The molecular weight excluding hydrogens is 306 g/mol. The summed E-state index contributed by atoms with van der Waals surface area (Å²) in [6.45, 7) is 4.38. The molecule has 1 fully saturated rings. The predicted molar refractivity (Wildman–Crippen MR) is 91.1 cm³/mol. The fourth-order valence-corrected chi connectivity index (χ4v) is 2.56. The average Bonchev–Trinajstić information content (AvgIpc) is 3.15. The Morgan fingerprint density at radius 1 is 1.50 bits per heavy atom. The van der Waals surface area contributed by atoms with Crippen LogP contribution >= 0.6 is 0 Å². The Bertz CT molecular complexity index is 731. The molecule has 0 spiro atoms. The van der Waals surface area contributed by atoms with Gasteiger partial charge in [0.2, 0.25) is 11.7 Å². The van der Waals surface area contributed by atoms with E-state index >= 15 is 0 Å². The van der Waals surface area contributed by atoms with Gasteiger partial charge in [-0.05, 0) is 18.2 Å². The lowest BCUT2D eigenvalue weighted by Crippen LogP contribution is -2.19. The smallest absolute Gasteiger partial charge is 0.211 e. The maximum absolute atomic E-state index is 12.3. The number of allylic oxidation sites excluding steroid dienone is 3. The number of aliphatic hydroxyl groups excluding tert-OH is 1. The molecule has 2 aliphatic rings. The first kappa shape index (κ1) is 17.6. The van der Waals surface area contributed by atoms with Gasteiger partial charge in [0, 0.05) is 18.3 Å². The van der Waals surface area contributed by atoms with Crippen LogP contribution in [0.5, 0.6) is 0 Å². The summed E-state index contributed by atoms with van der Waals surface area (Å²) in [6.07, 6.45) is 1.14. The van der Waals surface area contributed by atoms with E-state index in [0.717, 1.165) is 5.69 Å². The highest BCUT2D eigenvalue weighted by Gasteiger charge is 2.29. The van der Waals surface area contributed by atoms with Crippen LogP contribution in [0.2, 0.25) is 0 Å². The maximum atomic E-state index is 12.3.